The third kappa shape index (κ3) is 3.91. The van der Waals surface area contributed by atoms with Crippen molar-refractivity contribution in [3.63, 3.8) is 0 Å². The number of amides is 1. The molecular formula is C10H12NO3. The van der Waals surface area contributed by atoms with Gasteiger partial charge in [-0.05, 0) is 12.5 Å². The third-order valence-electron chi connectivity index (χ3n) is 1.53. The molecule has 1 rings (SSSR count). The highest BCUT2D eigenvalue weighted by Gasteiger charge is 2.05. The number of hydrogen-bond donors (Lipinski definition) is 1. The van der Waals surface area contributed by atoms with E-state index in [9.17, 15) is 9.90 Å². The average molecular weight is 194 g/mol. The standard InChI is InChI=1S/C10H12NO3/c1-8(12)11-10(13)14-7-9-5-3-2-4-6-9/h2-6,8H,7H2,1H3,(H,11,13). The van der Waals surface area contributed by atoms with E-state index < -0.39 is 12.3 Å². The van der Waals surface area contributed by atoms with E-state index in [1.165, 1.54) is 6.92 Å². The fraction of sp³-hybridized carbons (Fsp3) is 0.300. The van der Waals surface area contributed by atoms with Crippen LogP contribution in [0.4, 0.5) is 4.79 Å². The molecule has 0 aromatic heterocycles. The molecule has 14 heavy (non-hydrogen) atoms. The fourth-order valence-corrected chi connectivity index (χ4v) is 0.931. The van der Waals surface area contributed by atoms with Crippen LogP contribution < -0.4 is 5.32 Å². The molecule has 0 heterocycles. The molecule has 1 aromatic carbocycles. The zero-order chi connectivity index (χ0) is 10.4. The van der Waals surface area contributed by atoms with Gasteiger partial charge in [0.25, 0.3) is 0 Å². The average Bonchev–Trinajstić information content (AvgIpc) is 2.15. The molecule has 1 amide bonds. The maximum Gasteiger partial charge on any atom is 0.409 e. The summed E-state index contributed by atoms with van der Waals surface area (Å²) in [6, 6.07) is 9.27. The molecule has 1 N–H and O–H groups in total. The maximum atomic E-state index is 10.9. The minimum Gasteiger partial charge on any atom is -0.445 e. The quantitative estimate of drug-likeness (QED) is 0.744. The second-order valence-corrected chi connectivity index (χ2v) is 2.85. The van der Waals surface area contributed by atoms with Crippen molar-refractivity contribution in [1.29, 1.82) is 0 Å². The smallest absolute Gasteiger partial charge is 0.409 e. The van der Waals surface area contributed by atoms with Gasteiger partial charge in [-0.3, -0.25) is 5.32 Å². The first kappa shape index (κ1) is 10.5. The highest BCUT2D eigenvalue weighted by molar-refractivity contribution is 5.67. The van der Waals surface area contributed by atoms with Crippen molar-refractivity contribution >= 4 is 6.09 Å². The van der Waals surface area contributed by atoms with Gasteiger partial charge in [-0.15, -0.1) is 0 Å². The molecule has 0 fully saturated rings. The summed E-state index contributed by atoms with van der Waals surface area (Å²) in [5.41, 5.74) is 0.890. The molecule has 0 saturated heterocycles. The lowest BCUT2D eigenvalue weighted by atomic mass is 10.2. The van der Waals surface area contributed by atoms with E-state index in [1.807, 2.05) is 30.3 Å². The van der Waals surface area contributed by atoms with Crippen molar-refractivity contribution in [2.75, 3.05) is 0 Å². The van der Waals surface area contributed by atoms with E-state index in [4.69, 9.17) is 4.74 Å². The number of alkyl carbamates (subject to hydrolysis) is 1. The van der Waals surface area contributed by atoms with Crippen LogP contribution in [0, 0.1) is 0 Å². The Hall–Kier alpha value is -1.55. The van der Waals surface area contributed by atoms with Gasteiger partial charge in [0.1, 0.15) is 6.61 Å². The van der Waals surface area contributed by atoms with Crippen LogP contribution in [0.15, 0.2) is 30.3 Å². The zero-order valence-corrected chi connectivity index (χ0v) is 7.90. The van der Waals surface area contributed by atoms with Crippen molar-refractivity contribution in [1.82, 2.24) is 5.32 Å². The minimum absolute atomic E-state index is 0.180. The molecule has 1 aromatic rings. The predicted octanol–water partition coefficient (Wildman–Crippen LogP) is 1.69. The molecule has 0 aliphatic carbocycles. The second-order valence-electron chi connectivity index (χ2n) is 2.85. The first-order valence-corrected chi connectivity index (χ1v) is 4.31. The van der Waals surface area contributed by atoms with Crippen LogP contribution in [0.5, 0.6) is 0 Å². The van der Waals surface area contributed by atoms with Crippen molar-refractivity contribution in [2.24, 2.45) is 0 Å². The van der Waals surface area contributed by atoms with E-state index in [0.717, 1.165) is 5.56 Å². The molecule has 1 radical (unpaired) electrons. The highest BCUT2D eigenvalue weighted by atomic mass is 16.6. The van der Waals surface area contributed by atoms with Crippen LogP contribution in [0.3, 0.4) is 0 Å². The molecule has 0 bridgehead atoms. The van der Waals surface area contributed by atoms with Crippen molar-refractivity contribution in [3.05, 3.63) is 35.9 Å². The first-order chi connectivity index (χ1) is 6.68. The Morgan fingerprint density at radius 2 is 2.07 bits per heavy atom. The summed E-state index contributed by atoms with van der Waals surface area (Å²) in [4.78, 5) is 10.9. The van der Waals surface area contributed by atoms with Gasteiger partial charge in [-0.2, -0.15) is 0 Å². The van der Waals surface area contributed by atoms with Gasteiger partial charge in [0.2, 0.25) is 0 Å². The van der Waals surface area contributed by atoms with E-state index >= 15 is 0 Å². The van der Waals surface area contributed by atoms with Crippen LogP contribution in [0.25, 0.3) is 0 Å². The molecule has 0 saturated carbocycles. The van der Waals surface area contributed by atoms with Crippen LogP contribution in [0.1, 0.15) is 12.5 Å². The SMILES string of the molecule is CC([O])NC(=O)OCc1ccccc1. The van der Waals surface area contributed by atoms with E-state index in [-0.39, 0.29) is 6.61 Å². The summed E-state index contributed by atoms with van der Waals surface area (Å²) in [6.45, 7) is 1.52. The predicted molar refractivity (Wildman–Crippen MR) is 49.9 cm³/mol. The number of nitrogens with one attached hydrogen (secondary N) is 1. The molecule has 4 heteroatoms. The molecule has 0 spiro atoms. The number of ether oxygens (including phenoxy) is 1. The van der Waals surface area contributed by atoms with Crippen LogP contribution in [-0.2, 0) is 16.5 Å². The van der Waals surface area contributed by atoms with Crippen LogP contribution in [0.2, 0.25) is 0 Å². The Morgan fingerprint density at radius 1 is 1.43 bits per heavy atom. The molecule has 1 atom stereocenters. The summed E-state index contributed by atoms with van der Waals surface area (Å²) >= 11 is 0. The largest absolute Gasteiger partial charge is 0.445 e. The van der Waals surface area contributed by atoms with E-state index in [2.05, 4.69) is 5.32 Å². The summed E-state index contributed by atoms with van der Waals surface area (Å²) in [5, 5.41) is 12.6. The molecule has 0 aliphatic heterocycles. The monoisotopic (exact) mass is 194 g/mol. The van der Waals surface area contributed by atoms with Crippen molar-refractivity contribution in [2.45, 2.75) is 19.8 Å². The van der Waals surface area contributed by atoms with Crippen LogP contribution >= 0.6 is 0 Å². The fourth-order valence-electron chi connectivity index (χ4n) is 0.931. The van der Waals surface area contributed by atoms with Gasteiger partial charge in [-0.1, -0.05) is 30.3 Å². The Morgan fingerprint density at radius 3 is 2.64 bits per heavy atom. The number of benzene rings is 1. The first-order valence-electron chi connectivity index (χ1n) is 4.31. The maximum absolute atomic E-state index is 10.9. The lowest BCUT2D eigenvalue weighted by molar-refractivity contribution is 0.0605. The highest BCUT2D eigenvalue weighted by Crippen LogP contribution is 2.00. The molecule has 75 valence electrons. The van der Waals surface area contributed by atoms with Crippen molar-refractivity contribution in [3.8, 4) is 0 Å². The minimum atomic E-state index is -1.14. The summed E-state index contributed by atoms with van der Waals surface area (Å²) < 4.78 is 4.79. The Bertz CT molecular complexity index is 285. The number of carbonyl (C=O) groups excluding carboxylic acids is 1. The van der Waals surface area contributed by atoms with Gasteiger partial charge in [0.05, 0.1) is 0 Å². The molecular weight excluding hydrogens is 182 g/mol. The van der Waals surface area contributed by atoms with Gasteiger partial charge in [-0.25, -0.2) is 9.90 Å². The van der Waals surface area contributed by atoms with Gasteiger partial charge >= 0.3 is 6.09 Å². The molecule has 0 aliphatic rings. The van der Waals surface area contributed by atoms with E-state index in [0.29, 0.717) is 0 Å². The molecule has 4 nitrogen and oxygen atoms in total. The number of rotatable bonds is 3. The summed E-state index contributed by atoms with van der Waals surface area (Å²) in [5.74, 6) is 0. The zero-order valence-electron chi connectivity index (χ0n) is 7.90. The lowest BCUT2D eigenvalue weighted by Gasteiger charge is -2.07. The number of carbonyl (C=O) groups is 1. The topological polar surface area (TPSA) is 58.2 Å². The van der Waals surface area contributed by atoms with Crippen LogP contribution in [-0.4, -0.2) is 12.3 Å². The second kappa shape index (κ2) is 5.24. The summed E-state index contributed by atoms with van der Waals surface area (Å²) in [6.07, 6.45) is -1.82. The Balaban J connectivity index is 2.31. The summed E-state index contributed by atoms with van der Waals surface area (Å²) in [7, 11) is 0. The lowest BCUT2D eigenvalue weighted by Crippen LogP contribution is -2.31. The van der Waals surface area contributed by atoms with E-state index in [1.54, 1.807) is 0 Å². The normalized spacial score (nSPS) is 11.9. The Kier molecular flexibility index (Phi) is 3.94. The van der Waals surface area contributed by atoms with Gasteiger partial charge in [0.15, 0.2) is 6.23 Å². The molecule has 1 unspecified atom stereocenters. The third-order valence-corrected chi connectivity index (χ3v) is 1.53. The Labute approximate surface area is 82.5 Å². The van der Waals surface area contributed by atoms with Crippen molar-refractivity contribution < 1.29 is 14.6 Å². The van der Waals surface area contributed by atoms with Gasteiger partial charge < -0.3 is 4.74 Å². The number of hydrogen-bond acceptors (Lipinski definition) is 2. The van der Waals surface area contributed by atoms with Gasteiger partial charge in [0, 0.05) is 0 Å².